The molecule has 0 heterocycles. The first-order valence-electron chi connectivity index (χ1n) is 12.2. The van der Waals surface area contributed by atoms with Gasteiger partial charge in [-0.15, -0.1) is 0 Å². The van der Waals surface area contributed by atoms with E-state index in [-0.39, 0.29) is 18.1 Å². The van der Waals surface area contributed by atoms with Crippen LogP contribution >= 0.6 is 0 Å². The number of hydrogen-bond acceptors (Lipinski definition) is 5. The highest BCUT2D eigenvalue weighted by Gasteiger charge is 2.34. The van der Waals surface area contributed by atoms with Gasteiger partial charge in [-0.05, 0) is 62.7 Å². The van der Waals surface area contributed by atoms with Crippen molar-refractivity contribution in [1.29, 1.82) is 0 Å². The zero-order chi connectivity index (χ0) is 22.0. The van der Waals surface area contributed by atoms with E-state index in [2.05, 4.69) is 13.5 Å². The molecule has 0 unspecified atom stereocenters. The van der Waals surface area contributed by atoms with Gasteiger partial charge >= 0.3 is 5.97 Å². The molecular formula is C25H44O5. The second kappa shape index (κ2) is 12.8. The molecule has 2 saturated carbocycles. The molecule has 0 saturated heterocycles. The lowest BCUT2D eigenvalue weighted by Gasteiger charge is -2.37. The van der Waals surface area contributed by atoms with Crippen LogP contribution in [0.3, 0.4) is 0 Å². The minimum Gasteiger partial charge on any atom is -0.459 e. The Balaban J connectivity index is 1.69. The molecule has 174 valence electrons. The number of aliphatic hydroxyl groups is 3. The normalized spacial score (nSPS) is 27.6. The maximum absolute atomic E-state index is 12.4. The second-order valence-corrected chi connectivity index (χ2v) is 9.97. The Hall–Kier alpha value is -0.910. The van der Waals surface area contributed by atoms with Gasteiger partial charge in [0, 0.05) is 11.0 Å². The summed E-state index contributed by atoms with van der Waals surface area (Å²) in [6.45, 7) is 4.82. The molecule has 0 spiro atoms. The van der Waals surface area contributed by atoms with E-state index < -0.39 is 31.2 Å². The molecule has 2 fully saturated rings. The largest absolute Gasteiger partial charge is 0.459 e. The number of ether oxygens (including phenoxy) is 1. The Morgan fingerprint density at radius 2 is 1.43 bits per heavy atom. The minimum absolute atomic E-state index is 0.0339. The van der Waals surface area contributed by atoms with Crippen molar-refractivity contribution in [3.8, 4) is 0 Å². The second-order valence-electron chi connectivity index (χ2n) is 9.97. The van der Waals surface area contributed by atoms with Crippen molar-refractivity contribution >= 4 is 5.97 Å². The third-order valence-corrected chi connectivity index (χ3v) is 7.65. The number of carbonyl (C=O) groups is 1. The molecule has 0 amide bonds. The Morgan fingerprint density at radius 3 is 1.93 bits per heavy atom. The summed E-state index contributed by atoms with van der Waals surface area (Å²) in [7, 11) is 0. The fraction of sp³-hybridized carbons (Fsp3) is 0.880. The minimum atomic E-state index is -1.12. The molecule has 0 aromatic heterocycles. The summed E-state index contributed by atoms with van der Waals surface area (Å²) in [5, 5.41) is 28.3. The van der Waals surface area contributed by atoms with E-state index in [1.807, 2.05) is 0 Å². The molecule has 0 bridgehead atoms. The van der Waals surface area contributed by atoms with Gasteiger partial charge in [0.05, 0.1) is 19.8 Å². The maximum Gasteiger partial charge on any atom is 0.333 e. The lowest BCUT2D eigenvalue weighted by molar-refractivity contribution is -0.147. The summed E-state index contributed by atoms with van der Waals surface area (Å²) < 4.78 is 5.66. The van der Waals surface area contributed by atoms with Crippen LogP contribution in [0.2, 0.25) is 0 Å². The number of hydrogen-bond donors (Lipinski definition) is 3. The van der Waals surface area contributed by atoms with Crippen LogP contribution in [-0.4, -0.2) is 47.2 Å². The maximum atomic E-state index is 12.4. The Kier molecular flexibility index (Phi) is 10.8. The van der Waals surface area contributed by atoms with E-state index in [4.69, 9.17) is 4.74 Å². The van der Waals surface area contributed by atoms with Gasteiger partial charge in [-0.2, -0.15) is 0 Å². The molecule has 3 N–H and O–H groups in total. The molecule has 5 nitrogen and oxygen atoms in total. The summed E-state index contributed by atoms with van der Waals surface area (Å²) in [5.41, 5.74) is -0.918. The van der Waals surface area contributed by atoms with Crippen LogP contribution in [-0.2, 0) is 9.53 Å². The van der Waals surface area contributed by atoms with Crippen LogP contribution < -0.4 is 0 Å². The van der Waals surface area contributed by atoms with E-state index in [0.29, 0.717) is 0 Å². The van der Waals surface area contributed by atoms with Crippen LogP contribution in [0.4, 0.5) is 0 Å². The average Bonchev–Trinajstić information content (AvgIpc) is 2.78. The van der Waals surface area contributed by atoms with Crippen LogP contribution in [0.1, 0.15) is 90.4 Å². The van der Waals surface area contributed by atoms with Gasteiger partial charge in [-0.3, -0.25) is 0 Å². The van der Waals surface area contributed by atoms with E-state index in [1.165, 1.54) is 51.4 Å². The number of esters is 1. The average molecular weight is 425 g/mol. The highest BCUT2D eigenvalue weighted by Crippen LogP contribution is 2.41. The zero-order valence-corrected chi connectivity index (χ0v) is 19.0. The summed E-state index contributed by atoms with van der Waals surface area (Å²) in [5.74, 6) is 2.09. The number of aliphatic hydroxyl groups excluding tert-OH is 3. The Morgan fingerprint density at radius 1 is 0.900 bits per heavy atom. The van der Waals surface area contributed by atoms with E-state index >= 15 is 0 Å². The predicted molar refractivity (Wildman–Crippen MR) is 119 cm³/mol. The monoisotopic (exact) mass is 424 g/mol. The van der Waals surface area contributed by atoms with Crippen LogP contribution in [0, 0.1) is 23.2 Å². The number of unbranched alkanes of at least 4 members (excludes halogenated alkanes) is 2. The van der Waals surface area contributed by atoms with E-state index in [0.717, 1.165) is 43.4 Å². The van der Waals surface area contributed by atoms with E-state index in [9.17, 15) is 20.1 Å². The highest BCUT2D eigenvalue weighted by molar-refractivity contribution is 5.88. The molecule has 5 heteroatoms. The first-order chi connectivity index (χ1) is 14.5. The Labute approximate surface area is 182 Å². The first-order valence-corrected chi connectivity index (χ1v) is 12.2. The fourth-order valence-electron chi connectivity index (χ4n) is 5.39. The molecule has 0 aliphatic heterocycles. The molecule has 2 rings (SSSR count). The quantitative estimate of drug-likeness (QED) is 0.246. The van der Waals surface area contributed by atoms with Gasteiger partial charge in [0.2, 0.25) is 0 Å². The van der Waals surface area contributed by atoms with Crippen molar-refractivity contribution in [2.45, 2.75) is 96.5 Å². The highest BCUT2D eigenvalue weighted by atomic mass is 16.5. The molecule has 0 radical (unpaired) electrons. The van der Waals surface area contributed by atoms with Crippen LogP contribution in [0.5, 0.6) is 0 Å². The summed E-state index contributed by atoms with van der Waals surface area (Å²) in [4.78, 5) is 12.4. The molecule has 0 atom stereocenters. The van der Waals surface area contributed by atoms with Crippen molar-refractivity contribution in [1.82, 2.24) is 0 Å². The van der Waals surface area contributed by atoms with Crippen molar-refractivity contribution < 1.29 is 24.9 Å². The Bertz CT molecular complexity index is 503. The predicted octanol–water partition coefficient (Wildman–Crippen LogP) is 4.38. The third kappa shape index (κ3) is 7.35. The van der Waals surface area contributed by atoms with Gasteiger partial charge in [-0.25, -0.2) is 4.79 Å². The van der Waals surface area contributed by atoms with Crippen molar-refractivity contribution in [2.24, 2.45) is 23.2 Å². The van der Waals surface area contributed by atoms with Crippen molar-refractivity contribution in [3.05, 3.63) is 12.2 Å². The van der Waals surface area contributed by atoms with Gasteiger partial charge in [0.25, 0.3) is 0 Å². The topological polar surface area (TPSA) is 87.0 Å². The number of rotatable bonds is 12. The molecular weight excluding hydrogens is 380 g/mol. The van der Waals surface area contributed by atoms with Gasteiger partial charge in [-0.1, -0.05) is 52.0 Å². The molecule has 2 aliphatic carbocycles. The smallest absolute Gasteiger partial charge is 0.333 e. The van der Waals surface area contributed by atoms with Crippen molar-refractivity contribution in [2.75, 3.05) is 19.8 Å². The lowest BCUT2D eigenvalue weighted by atomic mass is 9.70. The molecule has 30 heavy (non-hydrogen) atoms. The third-order valence-electron chi connectivity index (χ3n) is 7.65. The SMILES string of the molecule is C=C(CC(CO)(CO)CO)C(=O)OC1CCC(C2CCC(CCCCC)CC2)CC1. The standard InChI is InChI=1S/C25H44O5/c1-3-4-5-6-20-7-9-21(10-8-20)22-11-13-23(14-12-22)30-24(29)19(2)15-25(16-26,17-27)18-28/h20-23,26-28H,2-18H2,1H3. The molecule has 2 aliphatic rings. The van der Waals surface area contributed by atoms with Gasteiger partial charge in [0.15, 0.2) is 0 Å². The van der Waals surface area contributed by atoms with E-state index in [1.54, 1.807) is 0 Å². The summed E-state index contributed by atoms with van der Waals surface area (Å²) in [6.07, 6.45) is 15.1. The van der Waals surface area contributed by atoms with Crippen molar-refractivity contribution in [3.63, 3.8) is 0 Å². The number of carbonyl (C=O) groups excluding carboxylic acids is 1. The lowest BCUT2D eigenvalue weighted by Crippen LogP contribution is -2.36. The fourth-order valence-corrected chi connectivity index (χ4v) is 5.39. The van der Waals surface area contributed by atoms with Gasteiger partial charge in [0.1, 0.15) is 6.10 Å². The van der Waals surface area contributed by atoms with Gasteiger partial charge < -0.3 is 20.1 Å². The molecule has 0 aromatic carbocycles. The molecule has 0 aromatic rings. The summed E-state index contributed by atoms with van der Waals surface area (Å²) >= 11 is 0. The first kappa shape index (κ1) is 25.4. The summed E-state index contributed by atoms with van der Waals surface area (Å²) in [6, 6.07) is 0. The zero-order valence-electron chi connectivity index (χ0n) is 19.0. The van der Waals surface area contributed by atoms with Crippen LogP contribution in [0.15, 0.2) is 12.2 Å². The van der Waals surface area contributed by atoms with Crippen LogP contribution in [0.25, 0.3) is 0 Å².